The van der Waals surface area contributed by atoms with Crippen LogP contribution in [0.1, 0.15) is 19.8 Å². The first kappa shape index (κ1) is 12.1. The number of nitrogens with one attached hydrogen (secondary N) is 1. The lowest BCUT2D eigenvalue weighted by Crippen LogP contribution is -2.44. The van der Waals surface area contributed by atoms with Crippen molar-refractivity contribution in [2.24, 2.45) is 0 Å². The van der Waals surface area contributed by atoms with Gasteiger partial charge in [-0.1, -0.05) is 0 Å². The fourth-order valence-corrected chi connectivity index (χ4v) is 2.08. The Balaban J connectivity index is 2.06. The van der Waals surface area contributed by atoms with Crippen LogP contribution < -0.4 is 15.0 Å². The molecule has 0 aliphatic carbocycles. The zero-order valence-corrected chi connectivity index (χ0v) is 10.5. The molecule has 1 aliphatic heterocycles. The molecule has 1 aromatic heterocycles. The summed E-state index contributed by atoms with van der Waals surface area (Å²) in [5.74, 6) is 1.48. The van der Waals surface area contributed by atoms with Gasteiger partial charge in [-0.05, 0) is 26.3 Å². The summed E-state index contributed by atoms with van der Waals surface area (Å²) in [5.41, 5.74) is 0. The highest BCUT2D eigenvalue weighted by Gasteiger charge is 2.19. The number of nitrogens with zero attached hydrogens (tertiary/aromatic N) is 3. The Morgan fingerprint density at radius 1 is 1.53 bits per heavy atom. The highest BCUT2D eigenvalue weighted by molar-refractivity contribution is 5.38. The van der Waals surface area contributed by atoms with Crippen molar-refractivity contribution in [3.8, 4) is 5.88 Å². The van der Waals surface area contributed by atoms with Crippen LogP contribution in [0.4, 0.5) is 5.82 Å². The summed E-state index contributed by atoms with van der Waals surface area (Å²) in [5, 5.41) is 3.40. The second-order valence-corrected chi connectivity index (χ2v) is 4.26. The van der Waals surface area contributed by atoms with Gasteiger partial charge in [-0.15, -0.1) is 0 Å². The molecule has 0 radical (unpaired) electrons. The highest BCUT2D eigenvalue weighted by Crippen LogP contribution is 2.18. The molecule has 0 aromatic carbocycles. The molecule has 0 spiro atoms. The number of ether oxygens (including phenoxy) is 1. The Labute approximate surface area is 102 Å². The van der Waals surface area contributed by atoms with Crippen molar-refractivity contribution in [2.75, 3.05) is 31.6 Å². The molecule has 1 N–H and O–H groups in total. The second kappa shape index (κ2) is 5.82. The van der Waals surface area contributed by atoms with Gasteiger partial charge in [0.25, 0.3) is 0 Å². The van der Waals surface area contributed by atoms with E-state index < -0.39 is 0 Å². The smallest absolute Gasteiger partial charge is 0.234 e. The van der Waals surface area contributed by atoms with E-state index >= 15 is 0 Å². The molecule has 2 rings (SSSR count). The third-order valence-corrected chi connectivity index (χ3v) is 3.07. The first-order valence-electron chi connectivity index (χ1n) is 6.19. The van der Waals surface area contributed by atoms with E-state index in [1.165, 1.54) is 12.8 Å². The van der Waals surface area contributed by atoms with Crippen LogP contribution >= 0.6 is 0 Å². The second-order valence-electron chi connectivity index (χ2n) is 4.26. The minimum absolute atomic E-state index is 0.495. The van der Waals surface area contributed by atoms with E-state index in [-0.39, 0.29) is 0 Å². The van der Waals surface area contributed by atoms with Crippen molar-refractivity contribution in [1.82, 2.24) is 15.3 Å². The Bertz CT molecular complexity index is 352. The molecular formula is C12H20N4O. The molecule has 1 unspecified atom stereocenters. The molecule has 1 atom stereocenters. The molecule has 1 fully saturated rings. The number of hydrogen-bond acceptors (Lipinski definition) is 5. The minimum Gasteiger partial charge on any atom is -0.477 e. The third-order valence-electron chi connectivity index (χ3n) is 3.07. The largest absolute Gasteiger partial charge is 0.477 e. The molecule has 5 heteroatoms. The van der Waals surface area contributed by atoms with Gasteiger partial charge in [0.15, 0.2) is 5.82 Å². The summed E-state index contributed by atoms with van der Waals surface area (Å²) in [4.78, 5) is 10.8. The normalized spacial score (nSPS) is 20.0. The maximum atomic E-state index is 5.37. The summed E-state index contributed by atoms with van der Waals surface area (Å²) < 4.78 is 5.37. The standard InChI is InChI=1S/C12H20N4O/c1-3-17-12-9-14-8-11(15-12)16(2)10-5-4-6-13-7-10/h8-10,13H,3-7H2,1-2H3. The number of hydrogen-bond donors (Lipinski definition) is 1. The van der Waals surface area contributed by atoms with Gasteiger partial charge in [0.2, 0.25) is 5.88 Å². The van der Waals surface area contributed by atoms with Crippen molar-refractivity contribution >= 4 is 5.82 Å². The lowest BCUT2D eigenvalue weighted by atomic mass is 10.1. The topological polar surface area (TPSA) is 50.3 Å². The Morgan fingerprint density at radius 3 is 3.12 bits per heavy atom. The molecular weight excluding hydrogens is 216 g/mol. The van der Waals surface area contributed by atoms with Crippen molar-refractivity contribution in [2.45, 2.75) is 25.8 Å². The molecule has 17 heavy (non-hydrogen) atoms. The summed E-state index contributed by atoms with van der Waals surface area (Å²) in [6, 6.07) is 0.495. The quantitative estimate of drug-likeness (QED) is 0.847. The molecule has 1 aliphatic rings. The lowest BCUT2D eigenvalue weighted by molar-refractivity contribution is 0.325. The van der Waals surface area contributed by atoms with Crippen molar-refractivity contribution in [3.05, 3.63) is 12.4 Å². The van der Waals surface area contributed by atoms with E-state index in [0.717, 1.165) is 18.9 Å². The van der Waals surface area contributed by atoms with E-state index in [2.05, 4.69) is 27.2 Å². The molecule has 0 saturated carbocycles. The molecule has 0 bridgehead atoms. The van der Waals surface area contributed by atoms with E-state index in [1.54, 1.807) is 12.4 Å². The van der Waals surface area contributed by atoms with Gasteiger partial charge in [-0.3, -0.25) is 4.98 Å². The maximum Gasteiger partial charge on any atom is 0.234 e. The zero-order chi connectivity index (χ0) is 12.1. The van der Waals surface area contributed by atoms with Crippen LogP contribution in [0.2, 0.25) is 0 Å². The minimum atomic E-state index is 0.495. The summed E-state index contributed by atoms with van der Waals surface area (Å²) in [6.07, 6.45) is 5.86. The van der Waals surface area contributed by atoms with E-state index in [4.69, 9.17) is 4.74 Å². The van der Waals surface area contributed by atoms with Crippen LogP contribution in [0.25, 0.3) is 0 Å². The van der Waals surface area contributed by atoms with E-state index in [1.807, 2.05) is 6.92 Å². The average Bonchev–Trinajstić information content (AvgIpc) is 2.40. The highest BCUT2D eigenvalue weighted by atomic mass is 16.5. The van der Waals surface area contributed by atoms with Crippen LogP contribution in [0, 0.1) is 0 Å². The summed E-state index contributed by atoms with van der Waals surface area (Å²) in [6.45, 7) is 4.70. The monoisotopic (exact) mass is 236 g/mol. The van der Waals surface area contributed by atoms with Gasteiger partial charge >= 0.3 is 0 Å². The predicted octanol–water partition coefficient (Wildman–Crippen LogP) is 1.06. The molecule has 94 valence electrons. The van der Waals surface area contributed by atoms with Crippen LogP contribution in [0.3, 0.4) is 0 Å². The van der Waals surface area contributed by atoms with Gasteiger partial charge in [0.1, 0.15) is 0 Å². The first-order chi connectivity index (χ1) is 8.31. The SMILES string of the molecule is CCOc1cncc(N(C)C2CCCNC2)n1. The van der Waals surface area contributed by atoms with E-state index in [0.29, 0.717) is 18.5 Å². The first-order valence-corrected chi connectivity index (χ1v) is 6.19. The van der Waals surface area contributed by atoms with Gasteiger partial charge in [-0.25, -0.2) is 0 Å². The van der Waals surface area contributed by atoms with Crippen molar-refractivity contribution in [3.63, 3.8) is 0 Å². The molecule has 1 saturated heterocycles. The van der Waals surface area contributed by atoms with Crippen LogP contribution in [-0.2, 0) is 0 Å². The van der Waals surface area contributed by atoms with Gasteiger partial charge in [0, 0.05) is 19.6 Å². The third kappa shape index (κ3) is 3.06. The average molecular weight is 236 g/mol. The lowest BCUT2D eigenvalue weighted by Gasteiger charge is -2.32. The fraction of sp³-hybridized carbons (Fsp3) is 0.667. The predicted molar refractivity (Wildman–Crippen MR) is 67.5 cm³/mol. The maximum absolute atomic E-state index is 5.37. The van der Waals surface area contributed by atoms with Gasteiger partial charge in [0.05, 0.1) is 19.0 Å². The molecule has 5 nitrogen and oxygen atoms in total. The van der Waals surface area contributed by atoms with Gasteiger partial charge < -0.3 is 15.0 Å². The number of aromatic nitrogens is 2. The number of rotatable bonds is 4. The van der Waals surface area contributed by atoms with Crippen molar-refractivity contribution in [1.29, 1.82) is 0 Å². The fourth-order valence-electron chi connectivity index (χ4n) is 2.08. The van der Waals surface area contributed by atoms with Crippen LogP contribution in [-0.4, -0.2) is 42.8 Å². The van der Waals surface area contributed by atoms with Crippen molar-refractivity contribution < 1.29 is 4.74 Å². The molecule has 1 aromatic rings. The van der Waals surface area contributed by atoms with E-state index in [9.17, 15) is 0 Å². The Morgan fingerprint density at radius 2 is 2.41 bits per heavy atom. The van der Waals surface area contributed by atoms with Gasteiger partial charge in [-0.2, -0.15) is 4.98 Å². The number of piperidine rings is 1. The summed E-state index contributed by atoms with van der Waals surface area (Å²) >= 11 is 0. The Hall–Kier alpha value is -1.36. The van der Waals surface area contributed by atoms with Crippen LogP contribution in [0.15, 0.2) is 12.4 Å². The zero-order valence-electron chi connectivity index (χ0n) is 10.5. The number of anilines is 1. The number of likely N-dealkylation sites (N-methyl/N-ethyl adjacent to an activating group) is 1. The summed E-state index contributed by atoms with van der Waals surface area (Å²) in [7, 11) is 2.07. The molecule has 0 amide bonds. The van der Waals surface area contributed by atoms with Crippen LogP contribution in [0.5, 0.6) is 5.88 Å². The Kier molecular flexibility index (Phi) is 4.14. The molecule has 2 heterocycles.